The van der Waals surface area contributed by atoms with Crippen molar-refractivity contribution < 1.29 is 9.59 Å². The summed E-state index contributed by atoms with van der Waals surface area (Å²) < 4.78 is 0.897. The predicted octanol–water partition coefficient (Wildman–Crippen LogP) is 3.68. The number of aromatic nitrogens is 2. The van der Waals surface area contributed by atoms with Crippen molar-refractivity contribution in [3.8, 4) is 0 Å². The van der Waals surface area contributed by atoms with E-state index in [0.717, 1.165) is 28.2 Å². The number of benzene rings is 1. The highest BCUT2D eigenvalue weighted by Gasteiger charge is 2.10. The van der Waals surface area contributed by atoms with Crippen molar-refractivity contribution in [2.24, 2.45) is 0 Å². The summed E-state index contributed by atoms with van der Waals surface area (Å²) in [6, 6.07) is 7.04. The third kappa shape index (κ3) is 5.61. The number of Topliss-reactive ketones (excluding diaryl/α,β-unsaturated/α-hetero) is 1. The van der Waals surface area contributed by atoms with Crippen LogP contribution in [0.4, 0.5) is 10.8 Å². The van der Waals surface area contributed by atoms with E-state index >= 15 is 0 Å². The molecule has 6 nitrogen and oxygen atoms in total. The number of carbonyl (C=O) groups is 2. The molecule has 8 heteroatoms. The Morgan fingerprint density at radius 2 is 2.04 bits per heavy atom. The first-order chi connectivity index (χ1) is 11.6. The van der Waals surface area contributed by atoms with E-state index in [-0.39, 0.29) is 11.7 Å². The summed E-state index contributed by atoms with van der Waals surface area (Å²) in [6.07, 6.45) is 1.13. The maximum atomic E-state index is 12.0. The molecule has 1 aromatic carbocycles. The molecule has 0 fully saturated rings. The summed E-state index contributed by atoms with van der Waals surface area (Å²) in [5, 5.41) is 14.9. The van der Waals surface area contributed by atoms with Crippen molar-refractivity contribution in [3.63, 3.8) is 0 Å². The molecule has 0 unspecified atom stereocenters. The van der Waals surface area contributed by atoms with Crippen molar-refractivity contribution in [1.29, 1.82) is 0 Å². The van der Waals surface area contributed by atoms with Crippen LogP contribution in [-0.2, 0) is 4.79 Å². The zero-order valence-corrected chi connectivity index (χ0v) is 15.3. The minimum absolute atomic E-state index is 0.0609. The smallest absolute Gasteiger partial charge is 0.224 e. The number of amides is 1. The average Bonchev–Trinajstić information content (AvgIpc) is 3.00. The fourth-order valence-corrected chi connectivity index (χ4v) is 3.82. The number of para-hydroxylation sites is 1. The molecule has 0 spiro atoms. The van der Waals surface area contributed by atoms with E-state index < -0.39 is 0 Å². The van der Waals surface area contributed by atoms with Gasteiger partial charge < -0.3 is 10.6 Å². The lowest BCUT2D eigenvalue weighted by molar-refractivity contribution is -0.116. The molecule has 0 aliphatic rings. The summed E-state index contributed by atoms with van der Waals surface area (Å²) in [6.45, 7) is 4.32. The minimum atomic E-state index is -0.0881. The Morgan fingerprint density at radius 3 is 2.79 bits per heavy atom. The van der Waals surface area contributed by atoms with E-state index in [4.69, 9.17) is 0 Å². The van der Waals surface area contributed by atoms with Gasteiger partial charge in [-0.05, 0) is 32.4 Å². The van der Waals surface area contributed by atoms with Crippen molar-refractivity contribution in [3.05, 3.63) is 29.8 Å². The number of anilines is 2. The quantitative estimate of drug-likeness (QED) is 0.401. The largest absolute Gasteiger partial charge is 0.360 e. The first-order valence-corrected chi connectivity index (χ1v) is 9.50. The lowest BCUT2D eigenvalue weighted by atomic mass is 10.1. The zero-order valence-electron chi connectivity index (χ0n) is 13.7. The van der Waals surface area contributed by atoms with E-state index in [1.807, 2.05) is 6.92 Å². The van der Waals surface area contributed by atoms with Crippen molar-refractivity contribution in [1.82, 2.24) is 10.2 Å². The first-order valence-electron chi connectivity index (χ1n) is 7.70. The minimum Gasteiger partial charge on any atom is -0.360 e. The Kier molecular flexibility index (Phi) is 7.20. The molecule has 0 bridgehead atoms. The Labute approximate surface area is 149 Å². The van der Waals surface area contributed by atoms with Crippen LogP contribution in [0.15, 0.2) is 28.6 Å². The molecule has 2 N–H and O–H groups in total. The van der Waals surface area contributed by atoms with Gasteiger partial charge in [0.2, 0.25) is 11.0 Å². The molecule has 128 valence electrons. The summed E-state index contributed by atoms with van der Waals surface area (Å²) >= 11 is 3.11. The molecule has 0 aliphatic heterocycles. The molecule has 1 heterocycles. The number of ketones is 1. The summed E-state index contributed by atoms with van der Waals surface area (Å²) in [5.41, 5.74) is 1.10. The molecule has 1 aromatic heterocycles. The van der Waals surface area contributed by atoms with Crippen LogP contribution in [0.25, 0.3) is 0 Å². The van der Waals surface area contributed by atoms with E-state index in [1.165, 1.54) is 18.3 Å². The van der Waals surface area contributed by atoms with Crippen LogP contribution < -0.4 is 10.6 Å². The third-order valence-electron chi connectivity index (χ3n) is 3.09. The fraction of sp³-hybridized carbons (Fsp3) is 0.375. The lowest BCUT2D eigenvalue weighted by Gasteiger charge is -2.08. The summed E-state index contributed by atoms with van der Waals surface area (Å²) in [5.74, 6) is 0.645. The highest BCUT2D eigenvalue weighted by atomic mass is 32.2. The molecule has 0 saturated heterocycles. The van der Waals surface area contributed by atoms with Gasteiger partial charge in [0.25, 0.3) is 0 Å². The highest BCUT2D eigenvalue weighted by molar-refractivity contribution is 8.01. The van der Waals surface area contributed by atoms with Gasteiger partial charge >= 0.3 is 0 Å². The van der Waals surface area contributed by atoms with Gasteiger partial charge in [-0.25, -0.2) is 0 Å². The van der Waals surface area contributed by atoms with E-state index in [9.17, 15) is 9.59 Å². The molecule has 2 aromatic rings. The maximum absolute atomic E-state index is 12.0. The van der Waals surface area contributed by atoms with Gasteiger partial charge in [0, 0.05) is 24.3 Å². The summed E-state index contributed by atoms with van der Waals surface area (Å²) in [7, 11) is 0. The number of rotatable bonds is 9. The second-order valence-electron chi connectivity index (χ2n) is 5.01. The predicted molar refractivity (Wildman–Crippen MR) is 99.1 cm³/mol. The van der Waals surface area contributed by atoms with Gasteiger partial charge in [0.15, 0.2) is 10.1 Å². The van der Waals surface area contributed by atoms with Crippen molar-refractivity contribution >= 4 is 45.6 Å². The first kappa shape index (κ1) is 18.4. The van der Waals surface area contributed by atoms with Crippen LogP contribution in [-0.4, -0.2) is 34.2 Å². The number of carbonyl (C=O) groups excluding carboxylic acids is 2. The second kappa shape index (κ2) is 9.39. The van der Waals surface area contributed by atoms with E-state index in [1.54, 1.807) is 36.0 Å². The van der Waals surface area contributed by atoms with Crippen molar-refractivity contribution in [2.45, 2.75) is 31.0 Å². The third-order valence-corrected chi connectivity index (χ3v) is 5.19. The average molecular weight is 364 g/mol. The Morgan fingerprint density at radius 1 is 1.25 bits per heavy atom. The standard InChI is InChI=1S/C16H20N4O2S2/c1-3-17-15-19-20-16(24-15)23-10-6-9-14(22)18-13-8-5-4-7-12(13)11(2)21/h4-5,7-8H,3,6,9-10H2,1-2H3,(H,17,19)(H,18,22). The van der Waals surface area contributed by atoms with Crippen LogP contribution in [0, 0.1) is 0 Å². The molecule has 0 atom stereocenters. The molecule has 24 heavy (non-hydrogen) atoms. The second-order valence-corrected chi connectivity index (χ2v) is 7.32. The van der Waals surface area contributed by atoms with Crippen LogP contribution >= 0.6 is 23.1 Å². The van der Waals surface area contributed by atoms with E-state index in [2.05, 4.69) is 20.8 Å². The Bertz CT molecular complexity index is 703. The number of thioether (sulfide) groups is 1. The van der Waals surface area contributed by atoms with Crippen LogP contribution in [0.1, 0.15) is 37.0 Å². The normalized spacial score (nSPS) is 10.4. The molecule has 2 rings (SSSR count). The topological polar surface area (TPSA) is 84.0 Å². The van der Waals surface area contributed by atoms with Gasteiger partial charge in [-0.15, -0.1) is 10.2 Å². The molecular weight excluding hydrogens is 344 g/mol. The van der Waals surface area contributed by atoms with Crippen LogP contribution in [0.5, 0.6) is 0 Å². The number of nitrogens with one attached hydrogen (secondary N) is 2. The van der Waals surface area contributed by atoms with Gasteiger partial charge in [-0.2, -0.15) is 0 Å². The number of hydrogen-bond donors (Lipinski definition) is 2. The van der Waals surface area contributed by atoms with E-state index in [0.29, 0.717) is 17.7 Å². The maximum Gasteiger partial charge on any atom is 0.224 e. The number of nitrogens with zero attached hydrogens (tertiary/aromatic N) is 2. The molecular formula is C16H20N4O2S2. The van der Waals surface area contributed by atoms with Gasteiger partial charge in [0.1, 0.15) is 0 Å². The van der Waals surface area contributed by atoms with Gasteiger partial charge in [-0.1, -0.05) is 35.2 Å². The fourth-order valence-electron chi connectivity index (χ4n) is 1.99. The number of hydrogen-bond acceptors (Lipinski definition) is 7. The zero-order chi connectivity index (χ0) is 17.4. The van der Waals surface area contributed by atoms with Crippen molar-refractivity contribution in [2.75, 3.05) is 22.9 Å². The monoisotopic (exact) mass is 364 g/mol. The molecule has 0 aliphatic carbocycles. The molecule has 0 radical (unpaired) electrons. The Balaban J connectivity index is 1.74. The van der Waals surface area contributed by atoms with Gasteiger partial charge in [-0.3, -0.25) is 9.59 Å². The lowest BCUT2D eigenvalue weighted by Crippen LogP contribution is -2.13. The Hall–Kier alpha value is -1.93. The SMILES string of the molecule is CCNc1nnc(SCCCC(=O)Nc2ccccc2C(C)=O)s1. The van der Waals surface area contributed by atoms with Crippen LogP contribution in [0.2, 0.25) is 0 Å². The summed E-state index contributed by atoms with van der Waals surface area (Å²) in [4.78, 5) is 23.6. The highest BCUT2D eigenvalue weighted by Crippen LogP contribution is 2.26. The van der Waals surface area contributed by atoms with Gasteiger partial charge in [0.05, 0.1) is 5.69 Å². The van der Waals surface area contributed by atoms with Crippen LogP contribution in [0.3, 0.4) is 0 Å². The molecule has 1 amide bonds. The molecule has 0 saturated carbocycles.